The Kier molecular flexibility index (Phi) is 79.5. The lowest BCUT2D eigenvalue weighted by atomic mass is 10.0. The molecule has 0 N–H and O–H groups in total. The molecule has 478 valence electrons. The minimum absolute atomic E-state index is 0. The monoisotopic (exact) mass is 1360 g/mol. The fourth-order valence-electron chi connectivity index (χ4n) is 6.84. The molecule has 0 saturated carbocycles. The van der Waals surface area contributed by atoms with Gasteiger partial charge in [0.05, 0.1) is 51.7 Å². The van der Waals surface area contributed by atoms with Crippen LogP contribution in [0.15, 0.2) is 207 Å². The Morgan fingerprint density at radius 1 is 0.393 bits per heavy atom. The van der Waals surface area contributed by atoms with Gasteiger partial charge < -0.3 is 27.1 Å². The fourth-order valence-corrected chi connectivity index (χ4v) is 11.5. The predicted octanol–water partition coefficient (Wildman–Crippen LogP) is 24.7. The van der Waals surface area contributed by atoms with Gasteiger partial charge in [0, 0.05) is 48.7 Å². The van der Waals surface area contributed by atoms with Gasteiger partial charge in [-0.15, -0.1) is 0 Å². The summed E-state index contributed by atoms with van der Waals surface area (Å²) in [6.45, 7) is 17.4. The second-order valence-electron chi connectivity index (χ2n) is 18.9. The zero-order valence-corrected chi connectivity index (χ0v) is 64.1. The second kappa shape index (κ2) is 73.8. The maximum atomic E-state index is 6.07. The van der Waals surface area contributed by atoms with Gasteiger partial charge in [-0.2, -0.15) is 0 Å². The third-order valence-electron chi connectivity index (χ3n) is 11.6. The lowest BCUT2D eigenvalue weighted by Crippen LogP contribution is -2.16. The molecule has 0 aliphatic heterocycles. The summed E-state index contributed by atoms with van der Waals surface area (Å²) in [6, 6.07) is 0. The van der Waals surface area contributed by atoms with E-state index in [1.54, 1.807) is 0 Å². The lowest BCUT2D eigenvalue weighted by Gasteiger charge is -2.22. The Morgan fingerprint density at radius 2 is 0.798 bits per heavy atom. The molecular formula is C67H119O6P11. The number of rotatable bonds is 47. The van der Waals surface area contributed by atoms with Gasteiger partial charge >= 0.3 is 0 Å². The van der Waals surface area contributed by atoms with Crippen molar-refractivity contribution in [1.82, 2.24) is 0 Å². The zero-order chi connectivity index (χ0) is 62.1. The van der Waals surface area contributed by atoms with E-state index in [-0.39, 0.29) is 44.1 Å². The van der Waals surface area contributed by atoms with Crippen molar-refractivity contribution in [3.8, 4) is 0 Å². The van der Waals surface area contributed by atoms with Crippen LogP contribution in [0, 0.1) is 11.8 Å². The van der Waals surface area contributed by atoms with Crippen molar-refractivity contribution >= 4 is 96.6 Å². The van der Waals surface area contributed by atoms with Crippen LogP contribution in [0.5, 0.6) is 0 Å². The van der Waals surface area contributed by atoms with Crippen LogP contribution in [-0.2, 0) is 27.1 Å². The van der Waals surface area contributed by atoms with Crippen molar-refractivity contribution in [2.24, 2.45) is 11.8 Å². The Morgan fingerprint density at radius 3 is 1.25 bits per heavy atom. The highest BCUT2D eigenvalue weighted by Gasteiger charge is 2.16. The molecule has 0 heterocycles. The molecule has 6 nitrogen and oxygen atoms in total. The van der Waals surface area contributed by atoms with Gasteiger partial charge in [-0.25, -0.2) is 0 Å². The SMILES string of the molecule is C.CC/C=C\CC(/C=C/C=C\C=C/C=C/C(C)C(C/C=C\CCC)OP)OP(P)P.CC/C=C\CC(OP(P)P)C(C)/C=C/C=C\C=C/C=C/C(C/C=C\CCC)OP.CCCCC(/C=C/C=C/C/C=C\C/C=C\C=C\C(CC)OPP)OP. The molecule has 0 aliphatic carbocycles. The number of allylic oxidation sites excluding steroid dienone is 24. The predicted molar refractivity (Wildman–Crippen MR) is 417 cm³/mol. The van der Waals surface area contributed by atoms with Crippen molar-refractivity contribution in [2.75, 3.05) is 0 Å². The molecule has 17 heteroatoms. The van der Waals surface area contributed by atoms with E-state index in [0.717, 1.165) is 77.0 Å². The van der Waals surface area contributed by atoms with E-state index in [4.69, 9.17) is 27.1 Å². The first-order valence-electron chi connectivity index (χ1n) is 29.8. The first-order chi connectivity index (χ1) is 40.4. The quantitative estimate of drug-likeness (QED) is 0.0344. The van der Waals surface area contributed by atoms with Crippen LogP contribution in [0.3, 0.4) is 0 Å². The van der Waals surface area contributed by atoms with E-state index in [2.05, 4.69) is 292 Å². The Bertz CT molecular complexity index is 1970. The van der Waals surface area contributed by atoms with Crippen molar-refractivity contribution in [2.45, 2.75) is 202 Å². The summed E-state index contributed by atoms with van der Waals surface area (Å²) in [7, 11) is 20.1. The summed E-state index contributed by atoms with van der Waals surface area (Å²) < 4.78 is 33.8. The molecule has 17 atom stereocenters. The highest BCUT2D eigenvalue weighted by atomic mass is 32.4. The molecule has 0 aromatic carbocycles. The smallest absolute Gasteiger partial charge is 0.0844 e. The average Bonchev–Trinajstić information content (AvgIpc) is 3.48. The number of unbranched alkanes of at least 4 members (excludes halogenated alkanes) is 3. The molecule has 0 radical (unpaired) electrons. The molecule has 0 amide bonds. The van der Waals surface area contributed by atoms with Gasteiger partial charge in [0.2, 0.25) is 0 Å². The molecule has 0 saturated heterocycles. The topological polar surface area (TPSA) is 55.4 Å². The molecule has 0 aromatic rings. The van der Waals surface area contributed by atoms with E-state index < -0.39 is 15.1 Å². The summed E-state index contributed by atoms with van der Waals surface area (Å²) in [4.78, 5) is 0. The first kappa shape index (κ1) is 90.5. The summed E-state index contributed by atoms with van der Waals surface area (Å²) in [5.74, 6) is 0.715. The van der Waals surface area contributed by atoms with Crippen LogP contribution in [0.25, 0.3) is 0 Å². The van der Waals surface area contributed by atoms with Gasteiger partial charge in [0.15, 0.2) is 0 Å². The Labute approximate surface area is 540 Å². The minimum Gasteiger partial charge on any atom is -0.362 e. The third-order valence-corrected chi connectivity index (χ3v) is 16.0. The van der Waals surface area contributed by atoms with Gasteiger partial charge in [-0.3, -0.25) is 0 Å². The maximum Gasteiger partial charge on any atom is 0.0844 e. The summed E-state index contributed by atoms with van der Waals surface area (Å²) >= 11 is 0. The molecule has 0 aliphatic rings. The number of hydrogen-bond donors (Lipinski definition) is 0. The van der Waals surface area contributed by atoms with E-state index in [9.17, 15) is 0 Å². The third kappa shape index (κ3) is 66.5. The normalized spacial score (nSPS) is 16.3. The van der Waals surface area contributed by atoms with E-state index in [1.807, 2.05) is 42.5 Å². The summed E-state index contributed by atoms with van der Waals surface area (Å²) in [6.07, 6.45) is 89.9. The van der Waals surface area contributed by atoms with E-state index in [0.29, 0.717) is 20.3 Å². The van der Waals surface area contributed by atoms with Crippen molar-refractivity contribution in [3.05, 3.63) is 207 Å². The summed E-state index contributed by atoms with van der Waals surface area (Å²) in [5, 5.41) is 0. The van der Waals surface area contributed by atoms with E-state index in [1.165, 1.54) is 25.7 Å². The van der Waals surface area contributed by atoms with Crippen LogP contribution < -0.4 is 0 Å². The first-order valence-corrected chi connectivity index (χ1v) is 42.9. The van der Waals surface area contributed by atoms with Crippen LogP contribution in [0.4, 0.5) is 0 Å². The standard InChI is InChI=1S/2C23H40O2P4.C20H35O2P3.CH4/c1-4-6-8-16-20-23(24-26)21(3)17-14-11-9-10-12-15-19-22(25-29(27)28)18-13-7-5-2;1-4-6-8-15-18-22(24-26)19-16-12-10-9-11-14-17-21(3)23(25-29(27)28)20-13-7-5-2;1-3-5-16-20(21-23)18-15-13-11-9-7-6-8-10-12-14-17-19(4-2)22-25-24;/h2*7-17,19,21-23H,4-6,18,20,26-28H2,1-3H3;6-7,10-15,17-20,25H,3-5,8-9,16,23-24H2,1-2H3;1H4/b11-9-,12-10-,13-7-,16-8-,17-14+,19-15+;11-9-,12-10-,13-7-,15-8-,17-14+,19-16+;7-6-,12-10-,13-11+,17-14+,18-15+;. The van der Waals surface area contributed by atoms with Crippen LogP contribution in [0.2, 0.25) is 0 Å². The molecule has 0 aromatic heterocycles. The van der Waals surface area contributed by atoms with Crippen molar-refractivity contribution in [1.29, 1.82) is 0 Å². The van der Waals surface area contributed by atoms with Crippen LogP contribution in [0.1, 0.15) is 166 Å². The van der Waals surface area contributed by atoms with Crippen molar-refractivity contribution < 1.29 is 27.1 Å². The van der Waals surface area contributed by atoms with E-state index >= 15 is 0 Å². The van der Waals surface area contributed by atoms with Crippen LogP contribution in [-0.4, -0.2) is 36.6 Å². The van der Waals surface area contributed by atoms with Gasteiger partial charge in [-0.1, -0.05) is 340 Å². The van der Waals surface area contributed by atoms with Gasteiger partial charge in [-0.05, 0) is 77.0 Å². The molecule has 0 rings (SSSR count). The molecule has 17 unspecified atom stereocenters. The Hall–Kier alpha value is 0.0700. The largest absolute Gasteiger partial charge is 0.362 e. The highest BCUT2D eigenvalue weighted by molar-refractivity contribution is 8.41. The van der Waals surface area contributed by atoms with Crippen molar-refractivity contribution in [3.63, 3.8) is 0 Å². The zero-order valence-electron chi connectivity index (χ0n) is 52.0. The maximum absolute atomic E-state index is 6.07. The molecule has 0 bridgehead atoms. The van der Waals surface area contributed by atoms with Gasteiger partial charge in [0.1, 0.15) is 0 Å². The second-order valence-corrected chi connectivity index (χ2v) is 32.5. The number of hydrogen-bond acceptors (Lipinski definition) is 6. The average molecular weight is 1360 g/mol. The lowest BCUT2D eigenvalue weighted by molar-refractivity contribution is 0.196. The molecule has 84 heavy (non-hydrogen) atoms. The fraction of sp³-hybridized carbons (Fsp3) is 0.493. The highest BCUT2D eigenvalue weighted by Crippen LogP contribution is 2.56. The molecule has 0 spiro atoms. The minimum atomic E-state index is -0.528. The van der Waals surface area contributed by atoms with Gasteiger partial charge in [0.25, 0.3) is 0 Å². The Balaban J connectivity index is -0.000000570. The molecule has 0 fully saturated rings. The summed E-state index contributed by atoms with van der Waals surface area (Å²) in [5.41, 5.74) is 0. The molecular weight excluding hydrogens is 1240 g/mol. The van der Waals surface area contributed by atoms with Crippen LogP contribution >= 0.6 is 96.6 Å².